The van der Waals surface area contributed by atoms with Crippen molar-refractivity contribution >= 4 is 22.9 Å². The molecule has 0 aliphatic carbocycles. The van der Waals surface area contributed by atoms with Gasteiger partial charge >= 0.3 is 0 Å². The second-order valence-electron chi connectivity index (χ2n) is 5.02. The van der Waals surface area contributed by atoms with E-state index in [4.69, 9.17) is 0 Å². The van der Waals surface area contributed by atoms with Gasteiger partial charge in [-0.3, -0.25) is 4.79 Å². The van der Waals surface area contributed by atoms with E-state index in [0.29, 0.717) is 0 Å². The van der Waals surface area contributed by atoms with Gasteiger partial charge in [0, 0.05) is 22.8 Å². The number of hydrogen-bond acceptors (Lipinski definition) is 4. The Bertz CT molecular complexity index is 561. The molecule has 0 aliphatic rings. The Kier molecular flexibility index (Phi) is 4.52. The first-order valence-corrected chi connectivity index (χ1v) is 7.47. The molecule has 2 aromatic rings. The normalized spacial score (nSPS) is 11.3. The smallest absolute Gasteiger partial charge is 0.244 e. The summed E-state index contributed by atoms with van der Waals surface area (Å²) < 4.78 is 0. The topological polar surface area (TPSA) is 54.0 Å². The van der Waals surface area contributed by atoms with Gasteiger partial charge in [0.05, 0.1) is 5.54 Å². The van der Waals surface area contributed by atoms with Crippen LogP contribution in [0.15, 0.2) is 35.8 Å². The van der Waals surface area contributed by atoms with Gasteiger partial charge in [0.2, 0.25) is 5.91 Å². The highest BCUT2D eigenvalue weighted by Crippen LogP contribution is 2.23. The van der Waals surface area contributed by atoms with Gasteiger partial charge in [0.25, 0.3) is 0 Å². The van der Waals surface area contributed by atoms with Gasteiger partial charge in [-0.1, -0.05) is 6.92 Å². The van der Waals surface area contributed by atoms with Gasteiger partial charge in [-0.25, -0.2) is 4.98 Å². The van der Waals surface area contributed by atoms with Crippen molar-refractivity contribution in [3.8, 4) is 10.6 Å². The van der Waals surface area contributed by atoms with E-state index in [1.54, 1.807) is 17.5 Å². The van der Waals surface area contributed by atoms with Crippen LogP contribution in [0.3, 0.4) is 0 Å². The lowest BCUT2D eigenvalue weighted by Gasteiger charge is -2.24. The van der Waals surface area contributed by atoms with Crippen LogP contribution in [0, 0.1) is 0 Å². The lowest BCUT2D eigenvalue weighted by Crippen LogP contribution is -2.49. The summed E-state index contributed by atoms with van der Waals surface area (Å²) in [7, 11) is 0. The number of nitrogens with one attached hydrogen (secondary N) is 2. The first-order chi connectivity index (χ1) is 9.53. The van der Waals surface area contributed by atoms with Crippen LogP contribution < -0.4 is 10.6 Å². The van der Waals surface area contributed by atoms with E-state index in [1.165, 1.54) is 0 Å². The number of aromatic nitrogens is 1. The summed E-state index contributed by atoms with van der Waals surface area (Å²) in [4.78, 5) is 16.4. The van der Waals surface area contributed by atoms with Crippen molar-refractivity contribution in [2.45, 2.75) is 26.3 Å². The minimum absolute atomic E-state index is 0.0404. The number of carbonyl (C=O) groups excluding carboxylic acids is 1. The highest BCUT2D eigenvalue weighted by molar-refractivity contribution is 7.13. The quantitative estimate of drug-likeness (QED) is 0.889. The molecule has 1 aromatic heterocycles. The number of thiazole rings is 1. The van der Waals surface area contributed by atoms with Crippen molar-refractivity contribution < 1.29 is 4.79 Å². The molecule has 2 rings (SSSR count). The van der Waals surface area contributed by atoms with Gasteiger partial charge in [-0.2, -0.15) is 0 Å². The molecule has 0 saturated heterocycles. The second kappa shape index (κ2) is 6.15. The van der Waals surface area contributed by atoms with Crippen LogP contribution in [-0.2, 0) is 4.79 Å². The number of nitrogens with zero attached hydrogens (tertiary/aromatic N) is 1. The van der Waals surface area contributed by atoms with E-state index in [9.17, 15) is 4.79 Å². The average Bonchev–Trinajstić information content (AvgIpc) is 2.93. The zero-order valence-corrected chi connectivity index (χ0v) is 12.8. The number of anilines is 1. The number of rotatable bonds is 5. The van der Waals surface area contributed by atoms with Crippen molar-refractivity contribution in [3.63, 3.8) is 0 Å². The molecule has 0 saturated carbocycles. The number of benzene rings is 1. The maximum Gasteiger partial charge on any atom is 0.244 e. The minimum Gasteiger partial charge on any atom is -0.325 e. The minimum atomic E-state index is -0.581. The van der Waals surface area contributed by atoms with E-state index < -0.39 is 5.54 Å². The summed E-state index contributed by atoms with van der Waals surface area (Å²) >= 11 is 1.60. The molecule has 1 aromatic carbocycles. The first-order valence-electron chi connectivity index (χ1n) is 6.59. The molecule has 106 valence electrons. The molecule has 4 nitrogen and oxygen atoms in total. The molecular formula is C15H19N3OS. The molecule has 0 fully saturated rings. The molecule has 0 unspecified atom stereocenters. The Hall–Kier alpha value is -1.72. The molecule has 0 aliphatic heterocycles. The van der Waals surface area contributed by atoms with E-state index >= 15 is 0 Å². The Balaban J connectivity index is 2.06. The first kappa shape index (κ1) is 14.7. The largest absolute Gasteiger partial charge is 0.325 e. The Labute approximate surface area is 123 Å². The number of carbonyl (C=O) groups is 1. The third kappa shape index (κ3) is 3.43. The Morgan fingerprint density at radius 1 is 1.30 bits per heavy atom. The van der Waals surface area contributed by atoms with Crippen molar-refractivity contribution in [1.29, 1.82) is 0 Å². The number of hydrogen-bond donors (Lipinski definition) is 2. The summed E-state index contributed by atoms with van der Waals surface area (Å²) in [6, 6.07) is 7.73. The third-order valence-corrected chi connectivity index (χ3v) is 3.83. The van der Waals surface area contributed by atoms with Crippen LogP contribution in [0.5, 0.6) is 0 Å². The Morgan fingerprint density at radius 3 is 2.55 bits per heavy atom. The van der Waals surface area contributed by atoms with Crippen LogP contribution >= 0.6 is 11.3 Å². The van der Waals surface area contributed by atoms with E-state index in [2.05, 4.69) is 15.6 Å². The summed E-state index contributed by atoms with van der Waals surface area (Å²) in [5.41, 5.74) is 1.27. The van der Waals surface area contributed by atoms with Crippen LogP contribution in [-0.4, -0.2) is 23.0 Å². The van der Waals surface area contributed by atoms with Gasteiger partial charge in [-0.15, -0.1) is 11.3 Å². The molecule has 0 radical (unpaired) electrons. The maximum absolute atomic E-state index is 12.2. The van der Waals surface area contributed by atoms with E-state index in [-0.39, 0.29) is 5.91 Å². The predicted molar refractivity (Wildman–Crippen MR) is 83.9 cm³/mol. The van der Waals surface area contributed by atoms with Gasteiger partial charge < -0.3 is 10.6 Å². The predicted octanol–water partition coefficient (Wildman–Crippen LogP) is 3.14. The number of likely N-dealkylation sites (N-methyl/N-ethyl adjacent to an activating group) is 1. The molecular weight excluding hydrogens is 270 g/mol. The highest BCUT2D eigenvalue weighted by atomic mass is 32.1. The lowest BCUT2D eigenvalue weighted by molar-refractivity contribution is -0.121. The van der Waals surface area contributed by atoms with E-state index in [0.717, 1.165) is 22.8 Å². The fraction of sp³-hybridized carbons (Fsp3) is 0.333. The lowest BCUT2D eigenvalue weighted by atomic mass is 10.0. The van der Waals surface area contributed by atoms with Crippen molar-refractivity contribution in [2.24, 2.45) is 0 Å². The average molecular weight is 289 g/mol. The highest BCUT2D eigenvalue weighted by Gasteiger charge is 2.25. The summed E-state index contributed by atoms with van der Waals surface area (Å²) in [6.07, 6.45) is 1.79. The SMILES string of the molecule is CCNC(C)(C)C(=O)Nc1ccc(-c2nccs2)cc1. The Morgan fingerprint density at radius 2 is 2.00 bits per heavy atom. The molecule has 1 amide bonds. The van der Waals surface area contributed by atoms with Gasteiger partial charge in [-0.05, 0) is 44.7 Å². The fourth-order valence-corrected chi connectivity index (χ4v) is 2.52. The second-order valence-corrected chi connectivity index (χ2v) is 5.92. The van der Waals surface area contributed by atoms with Crippen molar-refractivity contribution in [3.05, 3.63) is 35.8 Å². The zero-order valence-electron chi connectivity index (χ0n) is 11.9. The van der Waals surface area contributed by atoms with Gasteiger partial charge in [0.1, 0.15) is 5.01 Å². The molecule has 0 atom stereocenters. The van der Waals surface area contributed by atoms with Crippen molar-refractivity contribution in [1.82, 2.24) is 10.3 Å². The molecule has 0 bridgehead atoms. The molecule has 1 heterocycles. The summed E-state index contributed by atoms with van der Waals surface area (Å²) in [5.74, 6) is -0.0404. The third-order valence-electron chi connectivity index (χ3n) is 3.01. The standard InChI is InChI=1S/C15H19N3OS/c1-4-17-15(2,3)14(19)18-12-7-5-11(6-8-12)13-16-9-10-20-13/h5-10,17H,4H2,1-3H3,(H,18,19). The number of amides is 1. The van der Waals surface area contributed by atoms with Crippen LogP contribution in [0.25, 0.3) is 10.6 Å². The maximum atomic E-state index is 12.2. The van der Waals surface area contributed by atoms with Gasteiger partial charge in [0.15, 0.2) is 0 Å². The monoisotopic (exact) mass is 289 g/mol. The molecule has 20 heavy (non-hydrogen) atoms. The fourth-order valence-electron chi connectivity index (χ4n) is 1.87. The van der Waals surface area contributed by atoms with Crippen molar-refractivity contribution in [2.75, 3.05) is 11.9 Å². The van der Waals surface area contributed by atoms with E-state index in [1.807, 2.05) is 50.4 Å². The molecule has 2 N–H and O–H groups in total. The molecule has 0 spiro atoms. The summed E-state index contributed by atoms with van der Waals surface area (Å²) in [6.45, 7) is 6.48. The molecule has 5 heteroatoms. The van der Waals surface area contributed by atoms with Crippen LogP contribution in [0.1, 0.15) is 20.8 Å². The van der Waals surface area contributed by atoms with Crippen LogP contribution in [0.2, 0.25) is 0 Å². The van der Waals surface area contributed by atoms with Crippen LogP contribution in [0.4, 0.5) is 5.69 Å². The summed E-state index contributed by atoms with van der Waals surface area (Å²) in [5, 5.41) is 9.01. The zero-order chi connectivity index (χ0) is 14.6.